The van der Waals surface area contributed by atoms with Gasteiger partial charge >= 0.3 is 0 Å². The molecule has 0 aliphatic heterocycles. The Morgan fingerprint density at radius 3 is 2.71 bits per heavy atom. The molecule has 0 radical (unpaired) electrons. The molecular formula is C19H15BrN6O2. The number of ether oxygens (including phenoxy) is 1. The van der Waals surface area contributed by atoms with Crippen LogP contribution in [0.5, 0.6) is 11.6 Å². The first-order chi connectivity index (χ1) is 13.6. The number of imidazole rings is 1. The quantitative estimate of drug-likeness (QED) is 0.434. The number of amides is 1. The van der Waals surface area contributed by atoms with E-state index in [-0.39, 0.29) is 11.6 Å². The van der Waals surface area contributed by atoms with Crippen molar-refractivity contribution in [1.29, 1.82) is 0 Å². The van der Waals surface area contributed by atoms with Crippen molar-refractivity contribution in [2.24, 2.45) is 0 Å². The van der Waals surface area contributed by atoms with Crippen LogP contribution >= 0.6 is 15.9 Å². The molecule has 0 aliphatic carbocycles. The number of fused-ring (bicyclic) bond motifs is 1. The van der Waals surface area contributed by atoms with Crippen molar-refractivity contribution in [3.05, 3.63) is 64.9 Å². The third kappa shape index (κ3) is 3.94. The monoisotopic (exact) mass is 438 g/mol. The minimum atomic E-state index is -0.287. The van der Waals surface area contributed by atoms with Crippen molar-refractivity contribution in [2.45, 2.75) is 0 Å². The number of benzene rings is 1. The number of rotatable bonds is 5. The molecule has 0 bridgehead atoms. The summed E-state index contributed by atoms with van der Waals surface area (Å²) in [4.78, 5) is 27.7. The van der Waals surface area contributed by atoms with E-state index in [1.54, 1.807) is 25.2 Å². The average molecular weight is 439 g/mol. The standard InChI is InChI=1S/C19H15BrN6O2/c1-21-18(27)15-10-13(8-9-22-15)28-16-7-6-14-17(25-16)26-19(24-14)23-12-4-2-11(20)3-5-12/h2-10H,1H3,(H,21,27)(H2,23,24,25,26). The normalized spacial score (nSPS) is 10.6. The summed E-state index contributed by atoms with van der Waals surface area (Å²) in [6, 6.07) is 14.5. The minimum absolute atomic E-state index is 0.266. The SMILES string of the molecule is CNC(=O)c1cc(Oc2ccc3[nH]c(Nc4ccc(Br)cc4)nc3n2)ccn1. The van der Waals surface area contributed by atoms with Gasteiger partial charge in [0.2, 0.25) is 11.8 Å². The molecule has 0 saturated carbocycles. The summed E-state index contributed by atoms with van der Waals surface area (Å²) in [5.74, 6) is 1.12. The van der Waals surface area contributed by atoms with E-state index in [9.17, 15) is 4.79 Å². The van der Waals surface area contributed by atoms with Gasteiger partial charge in [-0.2, -0.15) is 9.97 Å². The molecule has 0 spiro atoms. The molecule has 9 heteroatoms. The van der Waals surface area contributed by atoms with Gasteiger partial charge in [-0.25, -0.2) is 0 Å². The molecule has 3 heterocycles. The summed E-state index contributed by atoms with van der Waals surface area (Å²) in [6.07, 6.45) is 1.51. The summed E-state index contributed by atoms with van der Waals surface area (Å²) in [7, 11) is 1.55. The van der Waals surface area contributed by atoms with Crippen molar-refractivity contribution in [3.8, 4) is 11.6 Å². The topological polar surface area (TPSA) is 105 Å². The summed E-state index contributed by atoms with van der Waals surface area (Å²) in [5.41, 5.74) is 2.45. The van der Waals surface area contributed by atoms with Crippen LogP contribution in [-0.2, 0) is 0 Å². The van der Waals surface area contributed by atoms with Crippen LogP contribution in [0, 0.1) is 0 Å². The number of nitrogens with one attached hydrogen (secondary N) is 3. The van der Waals surface area contributed by atoms with Crippen molar-refractivity contribution in [1.82, 2.24) is 25.3 Å². The number of aromatic nitrogens is 4. The fraction of sp³-hybridized carbons (Fsp3) is 0.0526. The average Bonchev–Trinajstić information content (AvgIpc) is 3.11. The number of halogens is 1. The van der Waals surface area contributed by atoms with E-state index in [0.29, 0.717) is 23.2 Å². The number of anilines is 2. The molecule has 0 atom stereocenters. The second-order valence-corrected chi connectivity index (χ2v) is 6.71. The van der Waals surface area contributed by atoms with Crippen LogP contribution in [0.15, 0.2) is 59.2 Å². The fourth-order valence-electron chi connectivity index (χ4n) is 2.51. The zero-order valence-electron chi connectivity index (χ0n) is 14.7. The summed E-state index contributed by atoms with van der Waals surface area (Å²) < 4.78 is 6.75. The highest BCUT2D eigenvalue weighted by Crippen LogP contribution is 2.24. The van der Waals surface area contributed by atoms with Gasteiger partial charge in [0, 0.05) is 35.5 Å². The molecule has 3 aromatic heterocycles. The second-order valence-electron chi connectivity index (χ2n) is 5.80. The smallest absolute Gasteiger partial charge is 0.269 e. The number of hydrogen-bond donors (Lipinski definition) is 3. The zero-order valence-corrected chi connectivity index (χ0v) is 16.3. The fourth-order valence-corrected chi connectivity index (χ4v) is 2.77. The molecule has 0 unspecified atom stereocenters. The lowest BCUT2D eigenvalue weighted by Crippen LogP contribution is -2.18. The summed E-state index contributed by atoms with van der Waals surface area (Å²) >= 11 is 3.41. The molecule has 0 fully saturated rings. The molecule has 28 heavy (non-hydrogen) atoms. The van der Waals surface area contributed by atoms with Gasteiger partial charge in [0.05, 0.1) is 5.52 Å². The van der Waals surface area contributed by atoms with Crippen molar-refractivity contribution >= 4 is 44.6 Å². The van der Waals surface area contributed by atoms with Gasteiger partial charge in [0.1, 0.15) is 11.4 Å². The predicted octanol–water partition coefficient (Wildman–Crippen LogP) is 4.01. The van der Waals surface area contributed by atoms with Crippen molar-refractivity contribution < 1.29 is 9.53 Å². The molecule has 3 N–H and O–H groups in total. The van der Waals surface area contributed by atoms with Gasteiger partial charge < -0.3 is 20.4 Å². The van der Waals surface area contributed by atoms with E-state index in [0.717, 1.165) is 15.7 Å². The van der Waals surface area contributed by atoms with Gasteiger partial charge in [-0.05, 0) is 36.4 Å². The second kappa shape index (κ2) is 7.65. The lowest BCUT2D eigenvalue weighted by molar-refractivity contribution is 0.0958. The van der Waals surface area contributed by atoms with Gasteiger partial charge in [-0.15, -0.1) is 0 Å². The molecule has 140 valence electrons. The lowest BCUT2D eigenvalue weighted by atomic mass is 10.3. The van der Waals surface area contributed by atoms with Gasteiger partial charge in [-0.1, -0.05) is 15.9 Å². The summed E-state index contributed by atoms with van der Waals surface area (Å²) in [5, 5.41) is 5.72. The highest BCUT2D eigenvalue weighted by molar-refractivity contribution is 9.10. The number of pyridine rings is 2. The maximum atomic E-state index is 11.7. The largest absolute Gasteiger partial charge is 0.439 e. The third-order valence-electron chi connectivity index (χ3n) is 3.84. The lowest BCUT2D eigenvalue weighted by Gasteiger charge is -2.05. The van der Waals surface area contributed by atoms with Crippen LogP contribution in [-0.4, -0.2) is 32.9 Å². The molecule has 1 aromatic carbocycles. The Morgan fingerprint density at radius 1 is 1.11 bits per heavy atom. The number of hydrogen-bond acceptors (Lipinski definition) is 6. The summed E-state index contributed by atoms with van der Waals surface area (Å²) in [6.45, 7) is 0. The molecule has 8 nitrogen and oxygen atoms in total. The molecule has 4 aromatic rings. The first-order valence-electron chi connectivity index (χ1n) is 8.36. The van der Waals surface area contributed by atoms with Crippen LogP contribution in [0.2, 0.25) is 0 Å². The van der Waals surface area contributed by atoms with E-state index in [4.69, 9.17) is 4.74 Å². The minimum Gasteiger partial charge on any atom is -0.439 e. The maximum Gasteiger partial charge on any atom is 0.269 e. The van der Waals surface area contributed by atoms with E-state index in [1.807, 2.05) is 30.3 Å². The Kier molecular flexibility index (Phi) is 4.90. The number of aromatic amines is 1. The van der Waals surface area contributed by atoms with Crippen LogP contribution in [0.4, 0.5) is 11.6 Å². The Bertz CT molecular complexity index is 1140. The number of H-pyrrole nitrogens is 1. The van der Waals surface area contributed by atoms with E-state index < -0.39 is 0 Å². The molecule has 0 saturated heterocycles. The third-order valence-corrected chi connectivity index (χ3v) is 4.37. The van der Waals surface area contributed by atoms with Crippen LogP contribution in [0.25, 0.3) is 11.2 Å². The highest BCUT2D eigenvalue weighted by atomic mass is 79.9. The first kappa shape index (κ1) is 17.9. The Balaban J connectivity index is 1.55. The van der Waals surface area contributed by atoms with Crippen LogP contribution in [0.3, 0.4) is 0 Å². The van der Waals surface area contributed by atoms with E-state index in [2.05, 4.69) is 46.5 Å². The molecule has 1 amide bonds. The van der Waals surface area contributed by atoms with Gasteiger partial charge in [0.15, 0.2) is 5.65 Å². The molecule has 4 rings (SSSR count). The van der Waals surface area contributed by atoms with Crippen molar-refractivity contribution in [3.63, 3.8) is 0 Å². The molecule has 0 aliphatic rings. The highest BCUT2D eigenvalue weighted by Gasteiger charge is 2.09. The predicted molar refractivity (Wildman–Crippen MR) is 109 cm³/mol. The first-order valence-corrected chi connectivity index (χ1v) is 9.15. The maximum absolute atomic E-state index is 11.7. The van der Waals surface area contributed by atoms with Gasteiger partial charge in [-0.3, -0.25) is 9.78 Å². The number of carbonyl (C=O) groups is 1. The van der Waals surface area contributed by atoms with Crippen molar-refractivity contribution in [2.75, 3.05) is 12.4 Å². The van der Waals surface area contributed by atoms with Gasteiger partial charge in [0.25, 0.3) is 5.91 Å². The molecular weight excluding hydrogens is 424 g/mol. The Labute approximate surface area is 168 Å². The zero-order chi connectivity index (χ0) is 19.5. The van der Waals surface area contributed by atoms with E-state index >= 15 is 0 Å². The number of nitrogens with zero attached hydrogens (tertiary/aromatic N) is 3. The number of carbonyl (C=O) groups excluding carboxylic acids is 1. The van der Waals surface area contributed by atoms with Crippen LogP contribution in [0.1, 0.15) is 10.5 Å². The van der Waals surface area contributed by atoms with Crippen LogP contribution < -0.4 is 15.4 Å². The van der Waals surface area contributed by atoms with E-state index in [1.165, 1.54) is 6.20 Å². The Morgan fingerprint density at radius 2 is 1.93 bits per heavy atom. The Hall–Kier alpha value is -3.46.